The van der Waals surface area contributed by atoms with Gasteiger partial charge in [0, 0.05) is 17.6 Å². The van der Waals surface area contributed by atoms with Gasteiger partial charge in [-0.05, 0) is 24.1 Å². The molecule has 20 heavy (non-hydrogen) atoms. The Morgan fingerprint density at radius 3 is 2.65 bits per heavy atom. The van der Waals surface area contributed by atoms with Crippen LogP contribution in [-0.2, 0) is 25.5 Å². The molecular formula is C13H18ClNO4S. The lowest BCUT2D eigenvalue weighted by atomic mass is 10.1. The van der Waals surface area contributed by atoms with Crippen molar-refractivity contribution in [2.75, 3.05) is 26.0 Å². The molecule has 112 valence electrons. The van der Waals surface area contributed by atoms with Gasteiger partial charge >= 0.3 is 0 Å². The van der Waals surface area contributed by atoms with Crippen molar-refractivity contribution >= 4 is 21.7 Å². The SMILES string of the molecule is CS(=O)(=O)OC[C@H]1CN[C@@H](Cc2ccc(Cl)cc2)CO1. The molecule has 0 aliphatic carbocycles. The van der Waals surface area contributed by atoms with Crippen molar-refractivity contribution in [3.05, 3.63) is 34.9 Å². The second kappa shape index (κ2) is 6.87. The topological polar surface area (TPSA) is 64.6 Å². The van der Waals surface area contributed by atoms with Gasteiger partial charge in [-0.1, -0.05) is 23.7 Å². The summed E-state index contributed by atoms with van der Waals surface area (Å²) in [5.74, 6) is 0. The van der Waals surface area contributed by atoms with Crippen LogP contribution in [-0.4, -0.2) is 46.6 Å². The van der Waals surface area contributed by atoms with Crippen LogP contribution in [0.5, 0.6) is 0 Å². The zero-order chi connectivity index (χ0) is 14.6. The maximum absolute atomic E-state index is 10.9. The Labute approximate surface area is 124 Å². The van der Waals surface area contributed by atoms with E-state index >= 15 is 0 Å². The number of ether oxygens (including phenoxy) is 1. The minimum absolute atomic E-state index is 0.0551. The summed E-state index contributed by atoms with van der Waals surface area (Å²) in [6, 6.07) is 7.92. The Bertz CT molecular complexity index is 524. The van der Waals surface area contributed by atoms with Crippen LogP contribution in [0.2, 0.25) is 5.02 Å². The third-order valence-corrected chi connectivity index (χ3v) is 3.85. The largest absolute Gasteiger partial charge is 0.373 e. The molecule has 1 saturated heterocycles. The molecule has 1 N–H and O–H groups in total. The van der Waals surface area contributed by atoms with Crippen LogP contribution < -0.4 is 5.32 Å². The number of hydrogen-bond donors (Lipinski definition) is 1. The van der Waals surface area contributed by atoms with Crippen LogP contribution in [0.4, 0.5) is 0 Å². The summed E-state index contributed by atoms with van der Waals surface area (Å²) in [6.07, 6.45) is 1.65. The molecule has 1 aliphatic rings. The van der Waals surface area contributed by atoms with Crippen molar-refractivity contribution in [2.24, 2.45) is 0 Å². The smallest absolute Gasteiger partial charge is 0.264 e. The first-order valence-electron chi connectivity index (χ1n) is 6.36. The van der Waals surface area contributed by atoms with Crippen molar-refractivity contribution in [2.45, 2.75) is 18.6 Å². The van der Waals surface area contributed by atoms with E-state index in [9.17, 15) is 8.42 Å². The molecule has 0 bridgehead atoms. The highest BCUT2D eigenvalue weighted by Crippen LogP contribution is 2.13. The number of hydrogen-bond acceptors (Lipinski definition) is 5. The predicted molar refractivity (Wildman–Crippen MR) is 77.5 cm³/mol. The lowest BCUT2D eigenvalue weighted by Gasteiger charge is -2.30. The van der Waals surface area contributed by atoms with Crippen LogP contribution in [0.1, 0.15) is 5.56 Å². The number of morpholine rings is 1. The molecule has 2 rings (SSSR count). The third-order valence-electron chi connectivity index (χ3n) is 3.03. The highest BCUT2D eigenvalue weighted by Gasteiger charge is 2.22. The lowest BCUT2D eigenvalue weighted by molar-refractivity contribution is -0.0183. The molecule has 0 unspecified atom stereocenters. The molecule has 2 atom stereocenters. The number of rotatable bonds is 5. The summed E-state index contributed by atoms with van der Waals surface area (Å²) in [6.45, 7) is 1.16. The van der Waals surface area contributed by atoms with Crippen LogP contribution in [0, 0.1) is 0 Å². The number of halogens is 1. The molecule has 0 amide bonds. The van der Waals surface area contributed by atoms with Gasteiger partial charge in [0.2, 0.25) is 0 Å². The Kier molecular flexibility index (Phi) is 5.40. The molecule has 0 saturated carbocycles. The maximum Gasteiger partial charge on any atom is 0.264 e. The van der Waals surface area contributed by atoms with Gasteiger partial charge in [0.25, 0.3) is 10.1 Å². The quantitative estimate of drug-likeness (QED) is 0.827. The van der Waals surface area contributed by atoms with Crippen LogP contribution in [0.15, 0.2) is 24.3 Å². The molecule has 0 aromatic heterocycles. The van der Waals surface area contributed by atoms with Crippen LogP contribution in [0.3, 0.4) is 0 Å². The average Bonchev–Trinajstić information content (AvgIpc) is 2.40. The summed E-state index contributed by atoms with van der Waals surface area (Å²) in [7, 11) is -3.41. The summed E-state index contributed by atoms with van der Waals surface area (Å²) in [5, 5.41) is 4.06. The van der Waals surface area contributed by atoms with Gasteiger partial charge in [0.15, 0.2) is 0 Å². The van der Waals surface area contributed by atoms with Crippen molar-refractivity contribution in [3.63, 3.8) is 0 Å². The molecule has 5 nitrogen and oxygen atoms in total. The molecule has 1 aromatic carbocycles. The summed E-state index contributed by atoms with van der Waals surface area (Å²) in [4.78, 5) is 0. The van der Waals surface area contributed by atoms with Crippen molar-refractivity contribution < 1.29 is 17.3 Å². The minimum atomic E-state index is -3.41. The predicted octanol–water partition coefficient (Wildman–Crippen LogP) is 1.22. The average molecular weight is 320 g/mol. The maximum atomic E-state index is 10.9. The fourth-order valence-corrected chi connectivity index (χ4v) is 2.54. The first-order chi connectivity index (χ1) is 9.42. The number of nitrogens with one attached hydrogen (secondary N) is 1. The normalized spacial score (nSPS) is 23.7. The molecular weight excluding hydrogens is 302 g/mol. The van der Waals surface area contributed by atoms with Crippen LogP contribution >= 0.6 is 11.6 Å². The summed E-state index contributed by atoms with van der Waals surface area (Å²) < 4.78 is 32.1. The van der Waals surface area contributed by atoms with Gasteiger partial charge in [-0.2, -0.15) is 8.42 Å². The van der Waals surface area contributed by atoms with E-state index in [-0.39, 0.29) is 18.8 Å². The Morgan fingerprint density at radius 2 is 2.10 bits per heavy atom. The van der Waals surface area contributed by atoms with E-state index in [1.54, 1.807) is 0 Å². The second-order valence-electron chi connectivity index (χ2n) is 4.88. The van der Waals surface area contributed by atoms with E-state index < -0.39 is 10.1 Å². The molecule has 1 fully saturated rings. The highest BCUT2D eigenvalue weighted by molar-refractivity contribution is 7.85. The molecule has 1 aromatic rings. The summed E-state index contributed by atoms with van der Waals surface area (Å²) >= 11 is 5.84. The van der Waals surface area contributed by atoms with Gasteiger partial charge < -0.3 is 10.1 Å². The Morgan fingerprint density at radius 1 is 1.40 bits per heavy atom. The van der Waals surface area contributed by atoms with Crippen LogP contribution in [0.25, 0.3) is 0 Å². The summed E-state index contributed by atoms with van der Waals surface area (Å²) in [5.41, 5.74) is 1.18. The molecule has 7 heteroatoms. The highest BCUT2D eigenvalue weighted by atomic mass is 35.5. The lowest BCUT2D eigenvalue weighted by Crippen LogP contribution is -2.49. The van der Waals surface area contributed by atoms with E-state index in [0.717, 1.165) is 17.7 Å². The third kappa shape index (κ3) is 5.38. The first-order valence-corrected chi connectivity index (χ1v) is 8.55. The first kappa shape index (κ1) is 15.7. The fraction of sp³-hybridized carbons (Fsp3) is 0.538. The van der Waals surface area contributed by atoms with Crippen molar-refractivity contribution in [1.82, 2.24) is 5.32 Å². The molecule has 0 radical (unpaired) electrons. The van der Waals surface area contributed by atoms with Gasteiger partial charge in [0.1, 0.15) is 0 Å². The van der Waals surface area contributed by atoms with E-state index in [1.165, 1.54) is 5.56 Å². The zero-order valence-electron chi connectivity index (χ0n) is 11.2. The van der Waals surface area contributed by atoms with Crippen molar-refractivity contribution in [3.8, 4) is 0 Å². The van der Waals surface area contributed by atoms with E-state index in [0.29, 0.717) is 13.2 Å². The van der Waals surface area contributed by atoms with Gasteiger partial charge in [-0.3, -0.25) is 4.18 Å². The molecule has 0 spiro atoms. The van der Waals surface area contributed by atoms with Gasteiger partial charge in [0.05, 0.1) is 25.6 Å². The van der Waals surface area contributed by atoms with Gasteiger partial charge in [-0.15, -0.1) is 0 Å². The fourth-order valence-electron chi connectivity index (χ4n) is 2.01. The molecule has 1 heterocycles. The minimum Gasteiger partial charge on any atom is -0.373 e. The number of benzene rings is 1. The zero-order valence-corrected chi connectivity index (χ0v) is 12.8. The van der Waals surface area contributed by atoms with E-state index in [2.05, 4.69) is 5.32 Å². The Balaban J connectivity index is 1.75. The van der Waals surface area contributed by atoms with Crippen molar-refractivity contribution in [1.29, 1.82) is 0 Å². The van der Waals surface area contributed by atoms with E-state index in [1.807, 2.05) is 24.3 Å². The van der Waals surface area contributed by atoms with Gasteiger partial charge in [-0.25, -0.2) is 0 Å². The standard InChI is InChI=1S/C13H18ClNO4S/c1-20(16,17)19-9-13-7-15-12(8-18-13)6-10-2-4-11(14)5-3-10/h2-5,12-13,15H,6-9H2,1H3/t12-,13+/m0/s1. The Hall–Kier alpha value is -0.660. The monoisotopic (exact) mass is 319 g/mol. The van der Waals surface area contributed by atoms with E-state index in [4.69, 9.17) is 20.5 Å². The second-order valence-corrected chi connectivity index (χ2v) is 6.96. The molecule has 1 aliphatic heterocycles.